The van der Waals surface area contributed by atoms with Crippen molar-refractivity contribution >= 4 is 0 Å². The molecule has 0 amide bonds. The number of rotatable bonds is 2. The van der Waals surface area contributed by atoms with Gasteiger partial charge in [0.05, 0.1) is 0 Å². The summed E-state index contributed by atoms with van der Waals surface area (Å²) in [5.41, 5.74) is 0. The molecule has 0 saturated heterocycles. The summed E-state index contributed by atoms with van der Waals surface area (Å²) in [4.78, 5) is 0. The van der Waals surface area contributed by atoms with Crippen LogP contribution in [0.4, 0.5) is 0 Å². The number of hydrogen-bond acceptors (Lipinski definition) is 0. The molecular formula is C9H14. The molecule has 1 rings (SSSR count). The first-order valence-corrected chi connectivity index (χ1v) is 3.77. The average molecular weight is 122 g/mol. The standard InChI is InChI=1S/C9H14/c1-2-3-6-9-7-4-5-8-9/h3-4,6-7,9H,2,5,8H2,1H3/b6-3-. The molecule has 9 heavy (non-hydrogen) atoms. The van der Waals surface area contributed by atoms with E-state index in [0.29, 0.717) is 0 Å². The molecule has 0 spiro atoms. The molecule has 0 saturated carbocycles. The van der Waals surface area contributed by atoms with Gasteiger partial charge in [-0.25, -0.2) is 0 Å². The van der Waals surface area contributed by atoms with Crippen LogP contribution in [0.25, 0.3) is 0 Å². The Balaban J connectivity index is 2.27. The van der Waals surface area contributed by atoms with Crippen molar-refractivity contribution in [1.29, 1.82) is 0 Å². The molecule has 1 aliphatic carbocycles. The molecule has 1 atom stereocenters. The van der Waals surface area contributed by atoms with Gasteiger partial charge in [-0.2, -0.15) is 0 Å². The summed E-state index contributed by atoms with van der Waals surface area (Å²) < 4.78 is 0. The summed E-state index contributed by atoms with van der Waals surface area (Å²) in [6.07, 6.45) is 12.9. The van der Waals surface area contributed by atoms with Crippen LogP contribution in [0.1, 0.15) is 26.2 Å². The molecule has 0 heterocycles. The predicted octanol–water partition coefficient (Wildman–Crippen LogP) is 2.92. The third-order valence-corrected chi connectivity index (χ3v) is 1.67. The minimum Gasteiger partial charge on any atom is -0.0882 e. The average Bonchev–Trinajstić information content (AvgIpc) is 2.34. The Kier molecular flexibility index (Phi) is 2.56. The number of hydrogen-bond donors (Lipinski definition) is 0. The molecule has 0 aromatic carbocycles. The van der Waals surface area contributed by atoms with Crippen molar-refractivity contribution < 1.29 is 0 Å². The zero-order valence-corrected chi connectivity index (χ0v) is 6.01. The van der Waals surface area contributed by atoms with Crippen molar-refractivity contribution in [3.63, 3.8) is 0 Å². The van der Waals surface area contributed by atoms with Crippen LogP contribution in [0, 0.1) is 5.92 Å². The van der Waals surface area contributed by atoms with Crippen LogP contribution in [-0.4, -0.2) is 0 Å². The minimum atomic E-state index is 0.755. The van der Waals surface area contributed by atoms with Gasteiger partial charge >= 0.3 is 0 Å². The van der Waals surface area contributed by atoms with Gasteiger partial charge in [-0.05, 0) is 25.2 Å². The van der Waals surface area contributed by atoms with Crippen LogP contribution in [-0.2, 0) is 0 Å². The molecule has 1 unspecified atom stereocenters. The molecule has 0 fully saturated rings. The van der Waals surface area contributed by atoms with E-state index >= 15 is 0 Å². The van der Waals surface area contributed by atoms with Crippen molar-refractivity contribution in [2.45, 2.75) is 26.2 Å². The largest absolute Gasteiger partial charge is 0.0882 e. The van der Waals surface area contributed by atoms with Crippen LogP contribution < -0.4 is 0 Å². The highest BCUT2D eigenvalue weighted by Crippen LogP contribution is 2.17. The summed E-state index contributed by atoms with van der Waals surface area (Å²) in [6, 6.07) is 0. The quantitative estimate of drug-likeness (QED) is 0.494. The van der Waals surface area contributed by atoms with E-state index in [4.69, 9.17) is 0 Å². The van der Waals surface area contributed by atoms with E-state index in [1.54, 1.807) is 0 Å². The highest BCUT2D eigenvalue weighted by molar-refractivity contribution is 5.05. The normalized spacial score (nSPS) is 26.1. The first-order chi connectivity index (χ1) is 4.43. The zero-order valence-electron chi connectivity index (χ0n) is 6.01. The lowest BCUT2D eigenvalue weighted by Crippen LogP contribution is -1.82. The van der Waals surface area contributed by atoms with E-state index in [1.165, 1.54) is 19.3 Å². The molecule has 0 bridgehead atoms. The molecule has 0 aromatic rings. The fourth-order valence-corrected chi connectivity index (χ4v) is 1.13. The fraction of sp³-hybridized carbons (Fsp3) is 0.556. The summed E-state index contributed by atoms with van der Waals surface area (Å²) in [6.45, 7) is 2.18. The van der Waals surface area contributed by atoms with Gasteiger partial charge in [0.25, 0.3) is 0 Å². The van der Waals surface area contributed by atoms with Crippen LogP contribution >= 0.6 is 0 Å². The summed E-state index contributed by atoms with van der Waals surface area (Å²) in [5, 5.41) is 0. The first kappa shape index (κ1) is 6.60. The number of allylic oxidation sites excluding steroid dienone is 4. The fourth-order valence-electron chi connectivity index (χ4n) is 1.13. The van der Waals surface area contributed by atoms with Gasteiger partial charge < -0.3 is 0 Å². The van der Waals surface area contributed by atoms with Gasteiger partial charge in [0, 0.05) is 0 Å². The van der Waals surface area contributed by atoms with Gasteiger partial charge in [-0.1, -0.05) is 31.2 Å². The lowest BCUT2D eigenvalue weighted by atomic mass is 10.1. The van der Waals surface area contributed by atoms with Gasteiger partial charge in [0.1, 0.15) is 0 Å². The topological polar surface area (TPSA) is 0 Å². The van der Waals surface area contributed by atoms with Gasteiger partial charge in [0.15, 0.2) is 0 Å². The Morgan fingerprint density at radius 2 is 2.56 bits per heavy atom. The molecule has 0 radical (unpaired) electrons. The van der Waals surface area contributed by atoms with Crippen molar-refractivity contribution in [3.05, 3.63) is 24.3 Å². The maximum Gasteiger partial charge on any atom is -0.00506 e. The highest BCUT2D eigenvalue weighted by Gasteiger charge is 2.02. The van der Waals surface area contributed by atoms with Crippen LogP contribution in [0.15, 0.2) is 24.3 Å². The molecular weight excluding hydrogens is 108 g/mol. The van der Waals surface area contributed by atoms with E-state index < -0.39 is 0 Å². The smallest absolute Gasteiger partial charge is 0.00506 e. The van der Waals surface area contributed by atoms with Gasteiger partial charge in [-0.3, -0.25) is 0 Å². The maximum absolute atomic E-state index is 2.31. The van der Waals surface area contributed by atoms with E-state index in [1.807, 2.05) is 0 Å². The second-order valence-electron chi connectivity index (χ2n) is 2.51. The lowest BCUT2D eigenvalue weighted by molar-refractivity contribution is 0.769. The van der Waals surface area contributed by atoms with Gasteiger partial charge in [-0.15, -0.1) is 0 Å². The molecule has 0 N–H and O–H groups in total. The van der Waals surface area contributed by atoms with Crippen LogP contribution in [0.3, 0.4) is 0 Å². The molecule has 0 aromatic heterocycles. The zero-order chi connectivity index (χ0) is 6.53. The third kappa shape index (κ3) is 2.05. The lowest BCUT2D eigenvalue weighted by Gasteiger charge is -1.95. The Labute approximate surface area is 57.3 Å². The van der Waals surface area contributed by atoms with Crippen LogP contribution in [0.2, 0.25) is 0 Å². The Bertz CT molecular complexity index is 120. The van der Waals surface area contributed by atoms with E-state index in [-0.39, 0.29) is 0 Å². The molecule has 0 nitrogen and oxygen atoms in total. The van der Waals surface area contributed by atoms with Crippen molar-refractivity contribution in [2.75, 3.05) is 0 Å². The Hall–Kier alpha value is -0.520. The second kappa shape index (κ2) is 3.49. The van der Waals surface area contributed by atoms with Crippen molar-refractivity contribution in [3.8, 4) is 0 Å². The Morgan fingerprint density at radius 1 is 1.67 bits per heavy atom. The predicted molar refractivity (Wildman–Crippen MR) is 41.3 cm³/mol. The minimum absolute atomic E-state index is 0.755. The molecule has 0 heteroatoms. The summed E-state index contributed by atoms with van der Waals surface area (Å²) in [5.74, 6) is 0.755. The maximum atomic E-state index is 2.31. The molecule has 0 aliphatic heterocycles. The van der Waals surface area contributed by atoms with E-state index in [2.05, 4.69) is 31.2 Å². The third-order valence-electron chi connectivity index (χ3n) is 1.67. The van der Waals surface area contributed by atoms with E-state index in [0.717, 1.165) is 5.92 Å². The Morgan fingerprint density at radius 3 is 3.11 bits per heavy atom. The van der Waals surface area contributed by atoms with Crippen molar-refractivity contribution in [1.82, 2.24) is 0 Å². The highest BCUT2D eigenvalue weighted by atomic mass is 14.1. The first-order valence-electron chi connectivity index (χ1n) is 3.77. The van der Waals surface area contributed by atoms with Crippen LogP contribution in [0.5, 0.6) is 0 Å². The monoisotopic (exact) mass is 122 g/mol. The molecule has 1 aliphatic rings. The van der Waals surface area contributed by atoms with E-state index in [9.17, 15) is 0 Å². The van der Waals surface area contributed by atoms with Gasteiger partial charge in [0.2, 0.25) is 0 Å². The summed E-state index contributed by atoms with van der Waals surface area (Å²) in [7, 11) is 0. The summed E-state index contributed by atoms with van der Waals surface area (Å²) >= 11 is 0. The van der Waals surface area contributed by atoms with Crippen molar-refractivity contribution in [2.24, 2.45) is 5.92 Å². The molecule has 50 valence electrons. The SMILES string of the molecule is CC/C=C\C1C=CCC1. The second-order valence-corrected chi connectivity index (χ2v) is 2.51.